The second-order valence-electron chi connectivity index (χ2n) is 3.99. The summed E-state index contributed by atoms with van der Waals surface area (Å²) in [5.74, 6) is 1.15. The third-order valence-corrected chi connectivity index (χ3v) is 3.11. The number of benzene rings is 1. The zero-order valence-corrected chi connectivity index (χ0v) is 10.7. The first kappa shape index (κ1) is 13.1. The molecular weight excluding hydrogens is 218 g/mol. The van der Waals surface area contributed by atoms with Gasteiger partial charge in [-0.15, -0.1) is 11.8 Å². The summed E-state index contributed by atoms with van der Waals surface area (Å²) < 4.78 is 0. The lowest BCUT2D eigenvalue weighted by Crippen LogP contribution is -2.29. The summed E-state index contributed by atoms with van der Waals surface area (Å²) in [6.45, 7) is 3.97. The Kier molecular flexibility index (Phi) is 6.01. The van der Waals surface area contributed by atoms with Crippen molar-refractivity contribution in [3.8, 4) is 0 Å². The Balaban J connectivity index is 2.10. The number of carbonyl (C=O) groups is 1. The fourth-order valence-corrected chi connectivity index (χ4v) is 2.21. The van der Waals surface area contributed by atoms with E-state index in [-0.39, 0.29) is 11.9 Å². The zero-order valence-electron chi connectivity index (χ0n) is 9.90. The Bertz CT molecular complexity index is 311. The molecule has 1 rings (SSSR count). The van der Waals surface area contributed by atoms with Gasteiger partial charge in [0.25, 0.3) is 0 Å². The van der Waals surface area contributed by atoms with Gasteiger partial charge in [0.05, 0.1) is 0 Å². The van der Waals surface area contributed by atoms with E-state index < -0.39 is 0 Å². The summed E-state index contributed by atoms with van der Waals surface area (Å²) in [6, 6.07) is 10.5. The fraction of sp³-hybridized carbons (Fsp3) is 0.462. The number of nitrogens with one attached hydrogen (secondary N) is 1. The van der Waals surface area contributed by atoms with Crippen molar-refractivity contribution >= 4 is 17.7 Å². The lowest BCUT2D eigenvalue weighted by Gasteiger charge is -2.07. The topological polar surface area (TPSA) is 29.1 Å². The fourth-order valence-electron chi connectivity index (χ4n) is 1.33. The molecule has 0 atom stereocenters. The van der Waals surface area contributed by atoms with E-state index in [2.05, 4.69) is 17.4 Å². The smallest absolute Gasteiger partial charge is 0.220 e. The van der Waals surface area contributed by atoms with Crippen LogP contribution in [-0.2, 0) is 4.79 Å². The molecule has 0 saturated carbocycles. The zero-order chi connectivity index (χ0) is 11.8. The molecule has 1 aromatic carbocycles. The number of thioether (sulfide) groups is 1. The minimum Gasteiger partial charge on any atom is -0.354 e. The monoisotopic (exact) mass is 237 g/mol. The molecule has 0 spiro atoms. The maximum atomic E-state index is 11.3. The number of amides is 1. The van der Waals surface area contributed by atoms with Crippen molar-refractivity contribution in [1.29, 1.82) is 0 Å². The van der Waals surface area contributed by atoms with Crippen LogP contribution in [0.4, 0.5) is 0 Å². The Morgan fingerprint density at radius 2 is 2.00 bits per heavy atom. The average Bonchev–Trinajstić information content (AvgIpc) is 2.25. The average molecular weight is 237 g/mol. The second-order valence-corrected chi connectivity index (χ2v) is 5.16. The molecular formula is C13H19NOS. The largest absolute Gasteiger partial charge is 0.354 e. The normalized spacial score (nSPS) is 10.4. The lowest BCUT2D eigenvalue weighted by atomic mass is 10.3. The van der Waals surface area contributed by atoms with Crippen molar-refractivity contribution in [1.82, 2.24) is 5.32 Å². The molecule has 0 aliphatic carbocycles. The highest BCUT2D eigenvalue weighted by molar-refractivity contribution is 7.99. The van der Waals surface area contributed by atoms with Gasteiger partial charge in [-0.1, -0.05) is 18.2 Å². The van der Waals surface area contributed by atoms with E-state index in [4.69, 9.17) is 0 Å². The van der Waals surface area contributed by atoms with Crippen molar-refractivity contribution < 1.29 is 4.79 Å². The van der Waals surface area contributed by atoms with Crippen molar-refractivity contribution in [2.75, 3.05) is 5.75 Å². The van der Waals surface area contributed by atoms with E-state index in [0.29, 0.717) is 6.42 Å². The molecule has 2 nitrogen and oxygen atoms in total. The van der Waals surface area contributed by atoms with Crippen LogP contribution in [0.3, 0.4) is 0 Å². The van der Waals surface area contributed by atoms with Crippen LogP contribution in [0.2, 0.25) is 0 Å². The van der Waals surface area contributed by atoms with Gasteiger partial charge in [-0.25, -0.2) is 0 Å². The van der Waals surface area contributed by atoms with Crippen LogP contribution in [0.1, 0.15) is 26.7 Å². The molecule has 1 amide bonds. The summed E-state index contributed by atoms with van der Waals surface area (Å²) in [5, 5.41) is 2.89. The van der Waals surface area contributed by atoms with Crippen molar-refractivity contribution in [2.24, 2.45) is 0 Å². The molecule has 0 aliphatic rings. The first-order valence-electron chi connectivity index (χ1n) is 5.65. The van der Waals surface area contributed by atoms with Crippen molar-refractivity contribution in [3.05, 3.63) is 30.3 Å². The molecule has 0 bridgehead atoms. The van der Waals surface area contributed by atoms with Crippen LogP contribution in [-0.4, -0.2) is 17.7 Å². The Morgan fingerprint density at radius 1 is 1.31 bits per heavy atom. The van der Waals surface area contributed by atoms with Crippen LogP contribution >= 0.6 is 11.8 Å². The third kappa shape index (κ3) is 5.81. The number of rotatable bonds is 6. The highest BCUT2D eigenvalue weighted by Crippen LogP contribution is 2.18. The highest BCUT2D eigenvalue weighted by Gasteiger charge is 2.02. The molecule has 0 fully saturated rings. The summed E-state index contributed by atoms with van der Waals surface area (Å²) in [5.41, 5.74) is 0. The quantitative estimate of drug-likeness (QED) is 0.608. The molecule has 0 aliphatic heterocycles. The molecule has 16 heavy (non-hydrogen) atoms. The van der Waals surface area contributed by atoms with E-state index in [1.807, 2.05) is 32.0 Å². The molecule has 88 valence electrons. The number of hydrogen-bond acceptors (Lipinski definition) is 2. The van der Waals surface area contributed by atoms with Crippen LogP contribution in [0.25, 0.3) is 0 Å². The molecule has 1 aromatic rings. The molecule has 0 unspecified atom stereocenters. The summed E-state index contributed by atoms with van der Waals surface area (Å²) in [7, 11) is 0. The number of carbonyl (C=O) groups excluding carboxylic acids is 1. The van der Waals surface area contributed by atoms with Gasteiger partial charge in [0.1, 0.15) is 0 Å². The standard InChI is InChI=1S/C13H19NOS/c1-11(2)14-13(15)9-6-10-16-12-7-4-3-5-8-12/h3-5,7-8,11H,6,9-10H2,1-2H3,(H,14,15). The molecule has 0 aromatic heterocycles. The summed E-state index contributed by atoms with van der Waals surface area (Å²) in [4.78, 5) is 12.6. The van der Waals surface area contributed by atoms with Crippen molar-refractivity contribution in [2.45, 2.75) is 37.6 Å². The predicted octanol–water partition coefficient (Wildman–Crippen LogP) is 3.08. The van der Waals surface area contributed by atoms with E-state index in [0.717, 1.165) is 12.2 Å². The van der Waals surface area contributed by atoms with Gasteiger partial charge >= 0.3 is 0 Å². The van der Waals surface area contributed by atoms with Crippen LogP contribution in [0, 0.1) is 0 Å². The van der Waals surface area contributed by atoms with Gasteiger partial charge in [0.2, 0.25) is 5.91 Å². The van der Waals surface area contributed by atoms with E-state index in [1.54, 1.807) is 11.8 Å². The summed E-state index contributed by atoms with van der Waals surface area (Å²) >= 11 is 1.80. The molecule has 0 radical (unpaired) electrons. The van der Waals surface area contributed by atoms with E-state index in [9.17, 15) is 4.79 Å². The van der Waals surface area contributed by atoms with Crippen LogP contribution < -0.4 is 5.32 Å². The van der Waals surface area contributed by atoms with Crippen LogP contribution in [0.15, 0.2) is 35.2 Å². The number of hydrogen-bond donors (Lipinski definition) is 1. The predicted molar refractivity (Wildman–Crippen MR) is 69.7 cm³/mol. The maximum Gasteiger partial charge on any atom is 0.220 e. The Morgan fingerprint density at radius 3 is 2.62 bits per heavy atom. The molecule has 3 heteroatoms. The first-order chi connectivity index (χ1) is 7.68. The molecule has 0 saturated heterocycles. The van der Waals surface area contributed by atoms with Crippen LogP contribution in [0.5, 0.6) is 0 Å². The van der Waals surface area contributed by atoms with Gasteiger partial charge in [0.15, 0.2) is 0 Å². The van der Waals surface area contributed by atoms with Gasteiger partial charge in [-0.3, -0.25) is 4.79 Å². The van der Waals surface area contributed by atoms with E-state index in [1.165, 1.54) is 4.90 Å². The molecule has 1 N–H and O–H groups in total. The van der Waals surface area contributed by atoms with E-state index >= 15 is 0 Å². The highest BCUT2D eigenvalue weighted by atomic mass is 32.2. The van der Waals surface area contributed by atoms with Gasteiger partial charge in [-0.2, -0.15) is 0 Å². The Hall–Kier alpha value is -0.960. The van der Waals surface area contributed by atoms with Crippen molar-refractivity contribution in [3.63, 3.8) is 0 Å². The van der Waals surface area contributed by atoms with Gasteiger partial charge < -0.3 is 5.32 Å². The SMILES string of the molecule is CC(C)NC(=O)CCCSc1ccccc1. The van der Waals surface area contributed by atoms with Gasteiger partial charge in [-0.05, 0) is 38.2 Å². The lowest BCUT2D eigenvalue weighted by molar-refractivity contribution is -0.121. The molecule has 0 heterocycles. The third-order valence-electron chi connectivity index (χ3n) is 2.01. The van der Waals surface area contributed by atoms with Gasteiger partial charge in [0, 0.05) is 17.4 Å². The Labute approximate surface area is 102 Å². The summed E-state index contributed by atoms with van der Waals surface area (Å²) in [6.07, 6.45) is 1.55. The second kappa shape index (κ2) is 7.34. The maximum absolute atomic E-state index is 11.3. The first-order valence-corrected chi connectivity index (χ1v) is 6.64. The minimum absolute atomic E-state index is 0.156. The minimum atomic E-state index is 0.156.